The number of nitrogens with two attached hydrogens (primary N) is 1. The molecule has 2 rings (SSSR count). The Balaban J connectivity index is 2.29. The fourth-order valence-corrected chi connectivity index (χ4v) is 3.55. The quantitative estimate of drug-likeness (QED) is 0.762. The van der Waals surface area contributed by atoms with Crippen molar-refractivity contribution in [2.45, 2.75) is 30.7 Å². The van der Waals surface area contributed by atoms with E-state index in [1.165, 1.54) is 18.3 Å². The predicted octanol–water partition coefficient (Wildman–Crippen LogP) is 0.380. The highest BCUT2D eigenvalue weighted by Crippen LogP contribution is 2.32. The maximum Gasteiger partial charge on any atom is 0.321 e. The van der Waals surface area contributed by atoms with Crippen LogP contribution in [0.1, 0.15) is 19.8 Å². The number of carbonyl (C=O) groups excluding carboxylic acids is 1. The van der Waals surface area contributed by atoms with Gasteiger partial charge in [-0.1, -0.05) is 0 Å². The second-order valence-corrected chi connectivity index (χ2v) is 6.33. The molecule has 20 heavy (non-hydrogen) atoms. The lowest BCUT2D eigenvalue weighted by Crippen LogP contribution is -2.38. The summed E-state index contributed by atoms with van der Waals surface area (Å²) in [5, 5.41) is 0. The third-order valence-electron chi connectivity index (χ3n) is 2.93. The molecular formula is C12H17N3O4S. The molecular weight excluding hydrogens is 282 g/mol. The molecule has 0 aromatic carbocycles. The fraction of sp³-hybridized carbons (Fsp3) is 0.500. The molecule has 2 N–H and O–H groups in total. The van der Waals surface area contributed by atoms with Crippen molar-refractivity contribution in [1.82, 2.24) is 9.29 Å². The Kier molecular flexibility index (Phi) is 4.24. The SMILES string of the molecule is CCOC(=O)CN(C1CC1)S(=O)(=O)c1cccnc1N. The van der Waals surface area contributed by atoms with Crippen molar-refractivity contribution in [1.29, 1.82) is 0 Å². The standard InChI is InChI=1S/C12H17N3O4S/c1-2-19-11(16)8-15(9-5-6-9)20(17,18)10-4-3-7-14-12(10)13/h3-4,7,9H,2,5-6,8H2,1H3,(H2,13,14). The zero-order valence-electron chi connectivity index (χ0n) is 11.2. The summed E-state index contributed by atoms with van der Waals surface area (Å²) in [4.78, 5) is 15.3. The second-order valence-electron chi connectivity index (χ2n) is 4.47. The Hall–Kier alpha value is -1.67. The number of nitrogens with zero attached hydrogens (tertiary/aromatic N) is 2. The fourth-order valence-electron chi connectivity index (χ4n) is 1.85. The van der Waals surface area contributed by atoms with Crippen molar-refractivity contribution in [3.8, 4) is 0 Å². The number of esters is 1. The van der Waals surface area contributed by atoms with Crippen LogP contribution in [0.4, 0.5) is 5.82 Å². The number of ether oxygens (including phenoxy) is 1. The summed E-state index contributed by atoms with van der Waals surface area (Å²) in [5.74, 6) is -0.632. The van der Waals surface area contributed by atoms with Crippen LogP contribution in [-0.2, 0) is 19.6 Å². The highest BCUT2D eigenvalue weighted by atomic mass is 32.2. The molecule has 110 valence electrons. The van der Waals surface area contributed by atoms with Gasteiger partial charge in [-0.25, -0.2) is 13.4 Å². The second kappa shape index (κ2) is 5.76. The summed E-state index contributed by atoms with van der Waals surface area (Å²) >= 11 is 0. The van der Waals surface area contributed by atoms with Gasteiger partial charge in [-0.2, -0.15) is 4.31 Å². The molecule has 1 aliphatic rings. The highest BCUT2D eigenvalue weighted by Gasteiger charge is 2.40. The van der Waals surface area contributed by atoms with Gasteiger partial charge >= 0.3 is 5.97 Å². The topological polar surface area (TPSA) is 103 Å². The molecule has 0 radical (unpaired) electrons. The number of anilines is 1. The van der Waals surface area contributed by atoms with Gasteiger partial charge in [-0.3, -0.25) is 4.79 Å². The van der Waals surface area contributed by atoms with Crippen molar-refractivity contribution in [3.63, 3.8) is 0 Å². The minimum absolute atomic E-state index is 0.0676. The van der Waals surface area contributed by atoms with Gasteiger partial charge in [0, 0.05) is 12.2 Å². The van der Waals surface area contributed by atoms with Gasteiger partial charge in [0.05, 0.1) is 6.61 Å². The zero-order valence-corrected chi connectivity index (χ0v) is 12.0. The van der Waals surface area contributed by atoms with Gasteiger partial charge in [0.15, 0.2) is 0 Å². The number of rotatable bonds is 6. The predicted molar refractivity (Wildman–Crippen MR) is 72.2 cm³/mol. The highest BCUT2D eigenvalue weighted by molar-refractivity contribution is 7.89. The maximum absolute atomic E-state index is 12.6. The van der Waals surface area contributed by atoms with Crippen LogP contribution >= 0.6 is 0 Å². The zero-order chi connectivity index (χ0) is 14.8. The van der Waals surface area contributed by atoms with E-state index < -0.39 is 16.0 Å². The molecule has 0 atom stereocenters. The number of pyridine rings is 1. The largest absolute Gasteiger partial charge is 0.465 e. The van der Waals surface area contributed by atoms with E-state index in [0.717, 1.165) is 17.1 Å². The molecule has 1 fully saturated rings. The number of hydrogen-bond donors (Lipinski definition) is 1. The molecule has 0 amide bonds. The summed E-state index contributed by atoms with van der Waals surface area (Å²) in [5.41, 5.74) is 5.62. The molecule has 0 unspecified atom stereocenters. The van der Waals surface area contributed by atoms with Crippen molar-refractivity contribution in [2.24, 2.45) is 0 Å². The molecule has 8 heteroatoms. The first-order valence-electron chi connectivity index (χ1n) is 6.34. The van der Waals surface area contributed by atoms with E-state index in [1.54, 1.807) is 6.92 Å². The van der Waals surface area contributed by atoms with E-state index in [4.69, 9.17) is 10.5 Å². The summed E-state index contributed by atoms with van der Waals surface area (Å²) < 4.78 is 31.1. The molecule has 0 bridgehead atoms. The lowest BCUT2D eigenvalue weighted by Gasteiger charge is -2.21. The molecule has 1 aromatic heterocycles. The van der Waals surface area contributed by atoms with E-state index in [2.05, 4.69) is 4.98 Å². The van der Waals surface area contributed by atoms with Crippen molar-refractivity contribution >= 4 is 21.8 Å². The van der Waals surface area contributed by atoms with E-state index in [-0.39, 0.29) is 29.9 Å². The van der Waals surface area contributed by atoms with Crippen LogP contribution in [0.3, 0.4) is 0 Å². The number of nitrogen functional groups attached to an aromatic ring is 1. The van der Waals surface area contributed by atoms with Crippen LogP contribution in [0.25, 0.3) is 0 Å². The minimum Gasteiger partial charge on any atom is -0.465 e. The first-order valence-corrected chi connectivity index (χ1v) is 7.78. The monoisotopic (exact) mass is 299 g/mol. The Bertz CT molecular complexity index is 598. The molecule has 1 heterocycles. The lowest BCUT2D eigenvalue weighted by atomic mass is 10.5. The van der Waals surface area contributed by atoms with Crippen LogP contribution in [0, 0.1) is 0 Å². The normalized spacial score (nSPS) is 15.3. The smallest absolute Gasteiger partial charge is 0.321 e. The third-order valence-corrected chi connectivity index (χ3v) is 4.88. The van der Waals surface area contributed by atoms with Crippen molar-refractivity contribution < 1.29 is 17.9 Å². The van der Waals surface area contributed by atoms with E-state index >= 15 is 0 Å². The van der Waals surface area contributed by atoms with Crippen LogP contribution < -0.4 is 5.73 Å². The maximum atomic E-state index is 12.6. The molecule has 0 spiro atoms. The van der Waals surface area contributed by atoms with Gasteiger partial charge in [0.25, 0.3) is 0 Å². The van der Waals surface area contributed by atoms with Gasteiger partial charge in [0.1, 0.15) is 17.3 Å². The van der Waals surface area contributed by atoms with Crippen molar-refractivity contribution in [2.75, 3.05) is 18.9 Å². The molecule has 0 aliphatic heterocycles. The Morgan fingerprint density at radius 2 is 2.25 bits per heavy atom. The summed E-state index contributed by atoms with van der Waals surface area (Å²) in [6, 6.07) is 2.72. The van der Waals surface area contributed by atoms with E-state index in [1.807, 2.05) is 0 Å². The van der Waals surface area contributed by atoms with Gasteiger partial charge in [0.2, 0.25) is 10.0 Å². The van der Waals surface area contributed by atoms with Crippen LogP contribution in [0.15, 0.2) is 23.2 Å². The molecule has 7 nitrogen and oxygen atoms in total. The first-order chi connectivity index (χ1) is 9.46. The Labute approximate surface area is 117 Å². The van der Waals surface area contributed by atoms with Crippen LogP contribution in [-0.4, -0.2) is 42.9 Å². The average molecular weight is 299 g/mol. The minimum atomic E-state index is -3.84. The number of hydrogen-bond acceptors (Lipinski definition) is 6. The van der Waals surface area contributed by atoms with E-state index in [9.17, 15) is 13.2 Å². The number of sulfonamides is 1. The van der Waals surface area contributed by atoms with Crippen LogP contribution in [0.2, 0.25) is 0 Å². The summed E-state index contributed by atoms with van der Waals surface area (Å²) in [6.07, 6.45) is 2.89. The molecule has 1 saturated carbocycles. The van der Waals surface area contributed by atoms with E-state index in [0.29, 0.717) is 0 Å². The summed E-state index contributed by atoms with van der Waals surface area (Å²) in [7, 11) is -3.84. The van der Waals surface area contributed by atoms with Gasteiger partial charge < -0.3 is 10.5 Å². The Morgan fingerprint density at radius 1 is 1.55 bits per heavy atom. The van der Waals surface area contributed by atoms with Gasteiger partial charge in [-0.15, -0.1) is 0 Å². The lowest BCUT2D eigenvalue weighted by molar-refractivity contribution is -0.143. The Morgan fingerprint density at radius 3 is 2.80 bits per heavy atom. The number of carbonyl (C=O) groups is 1. The average Bonchev–Trinajstić information content (AvgIpc) is 3.20. The number of aromatic nitrogens is 1. The molecule has 1 aliphatic carbocycles. The van der Waals surface area contributed by atoms with Crippen LogP contribution in [0.5, 0.6) is 0 Å². The third kappa shape index (κ3) is 3.07. The first kappa shape index (κ1) is 14.7. The van der Waals surface area contributed by atoms with Crippen molar-refractivity contribution in [3.05, 3.63) is 18.3 Å². The molecule has 0 saturated heterocycles. The molecule has 1 aromatic rings. The summed E-state index contributed by atoms with van der Waals surface area (Å²) in [6.45, 7) is 1.59. The van der Waals surface area contributed by atoms with Gasteiger partial charge in [-0.05, 0) is 31.9 Å².